The SMILES string of the molecule is O=C(O)[C@@H]1[C@@H](c2ccc(OCc3ccccc3)cc2)C[C@@H]2CC[C@H]1N2C(=O)O. The Morgan fingerprint density at radius 3 is 2.36 bits per heavy atom. The fraction of sp³-hybridized carbons (Fsp3) is 0.364. The van der Waals surface area contributed by atoms with Crippen LogP contribution in [0.5, 0.6) is 5.75 Å². The molecule has 28 heavy (non-hydrogen) atoms. The minimum Gasteiger partial charge on any atom is -0.489 e. The number of fused-ring (bicyclic) bond motifs is 2. The summed E-state index contributed by atoms with van der Waals surface area (Å²) in [5, 5.41) is 19.3. The molecule has 2 heterocycles. The first-order valence-corrected chi connectivity index (χ1v) is 9.55. The Balaban J connectivity index is 1.50. The largest absolute Gasteiger partial charge is 0.489 e. The summed E-state index contributed by atoms with van der Waals surface area (Å²) < 4.78 is 5.81. The lowest BCUT2D eigenvalue weighted by Gasteiger charge is -2.41. The molecule has 146 valence electrons. The highest BCUT2D eigenvalue weighted by Gasteiger charge is 2.52. The first-order valence-electron chi connectivity index (χ1n) is 9.55. The number of hydrogen-bond acceptors (Lipinski definition) is 3. The molecule has 6 nitrogen and oxygen atoms in total. The molecular formula is C22H23NO5. The van der Waals surface area contributed by atoms with Crippen molar-refractivity contribution < 1.29 is 24.5 Å². The molecule has 2 aromatic rings. The van der Waals surface area contributed by atoms with Crippen LogP contribution in [0.1, 0.15) is 36.3 Å². The van der Waals surface area contributed by atoms with Crippen molar-refractivity contribution in [3.63, 3.8) is 0 Å². The van der Waals surface area contributed by atoms with Crippen LogP contribution >= 0.6 is 0 Å². The second-order valence-electron chi connectivity index (χ2n) is 7.54. The van der Waals surface area contributed by atoms with Crippen molar-refractivity contribution in [1.29, 1.82) is 0 Å². The molecule has 2 aliphatic rings. The van der Waals surface area contributed by atoms with E-state index in [1.54, 1.807) is 0 Å². The van der Waals surface area contributed by atoms with Gasteiger partial charge in [0.05, 0.1) is 5.92 Å². The first kappa shape index (κ1) is 18.3. The highest BCUT2D eigenvalue weighted by atomic mass is 16.5. The van der Waals surface area contributed by atoms with Gasteiger partial charge in [-0.3, -0.25) is 4.79 Å². The lowest BCUT2D eigenvalue weighted by Crippen LogP contribution is -2.52. The van der Waals surface area contributed by atoms with Crippen LogP contribution in [-0.2, 0) is 11.4 Å². The number of carbonyl (C=O) groups is 2. The predicted octanol–water partition coefficient (Wildman–Crippen LogP) is 3.96. The molecule has 2 bridgehead atoms. The normalized spacial score (nSPS) is 26.1. The van der Waals surface area contributed by atoms with E-state index < -0.39 is 24.0 Å². The molecule has 2 saturated heterocycles. The molecule has 2 aromatic carbocycles. The topological polar surface area (TPSA) is 87.1 Å². The minimum absolute atomic E-state index is 0.0999. The molecule has 0 radical (unpaired) electrons. The van der Waals surface area contributed by atoms with E-state index in [9.17, 15) is 19.8 Å². The predicted molar refractivity (Wildman–Crippen MR) is 102 cm³/mol. The summed E-state index contributed by atoms with van der Waals surface area (Å²) in [5.41, 5.74) is 2.01. The van der Waals surface area contributed by atoms with Gasteiger partial charge in [0.1, 0.15) is 12.4 Å². The van der Waals surface area contributed by atoms with Gasteiger partial charge in [-0.25, -0.2) is 4.79 Å². The average molecular weight is 381 g/mol. The van der Waals surface area contributed by atoms with Gasteiger partial charge in [0.25, 0.3) is 0 Å². The summed E-state index contributed by atoms with van der Waals surface area (Å²) >= 11 is 0. The molecule has 4 rings (SSSR count). The van der Waals surface area contributed by atoms with Gasteiger partial charge in [-0.2, -0.15) is 0 Å². The summed E-state index contributed by atoms with van der Waals surface area (Å²) in [6, 6.07) is 16.9. The number of nitrogens with zero attached hydrogens (tertiary/aromatic N) is 1. The van der Waals surface area contributed by atoms with Crippen molar-refractivity contribution in [2.45, 2.75) is 43.9 Å². The number of benzene rings is 2. The maximum absolute atomic E-state index is 12.0. The van der Waals surface area contributed by atoms with Crippen molar-refractivity contribution >= 4 is 12.1 Å². The van der Waals surface area contributed by atoms with Crippen molar-refractivity contribution in [1.82, 2.24) is 4.90 Å². The third-order valence-corrected chi connectivity index (χ3v) is 5.98. The van der Waals surface area contributed by atoms with Crippen LogP contribution in [0.15, 0.2) is 54.6 Å². The fourth-order valence-corrected chi connectivity index (χ4v) is 4.73. The van der Waals surface area contributed by atoms with Gasteiger partial charge < -0.3 is 19.8 Å². The molecule has 4 atom stereocenters. The highest BCUT2D eigenvalue weighted by Crippen LogP contribution is 2.47. The Labute approximate surface area is 163 Å². The smallest absolute Gasteiger partial charge is 0.407 e. The number of aliphatic carboxylic acids is 1. The number of ether oxygens (including phenoxy) is 1. The molecule has 0 spiro atoms. The summed E-state index contributed by atoms with van der Waals surface area (Å²) in [7, 11) is 0. The van der Waals surface area contributed by atoms with Crippen LogP contribution in [-0.4, -0.2) is 39.3 Å². The number of rotatable bonds is 5. The number of carboxylic acids is 1. The van der Waals surface area contributed by atoms with Gasteiger partial charge in [0, 0.05) is 18.0 Å². The third kappa shape index (κ3) is 3.42. The van der Waals surface area contributed by atoms with Crippen LogP contribution in [0.3, 0.4) is 0 Å². The number of amides is 1. The van der Waals surface area contributed by atoms with Crippen LogP contribution in [0.4, 0.5) is 4.79 Å². The summed E-state index contributed by atoms with van der Waals surface area (Å²) in [5.74, 6) is -1.10. The van der Waals surface area contributed by atoms with Gasteiger partial charge >= 0.3 is 12.1 Å². The maximum Gasteiger partial charge on any atom is 0.407 e. The Morgan fingerprint density at radius 2 is 1.71 bits per heavy atom. The van der Waals surface area contributed by atoms with Crippen molar-refractivity contribution in [3.8, 4) is 5.75 Å². The Hall–Kier alpha value is -3.02. The molecule has 0 unspecified atom stereocenters. The van der Waals surface area contributed by atoms with Gasteiger partial charge in [-0.05, 0) is 42.5 Å². The number of piperidine rings is 1. The Bertz CT molecular complexity index is 851. The molecule has 0 aliphatic carbocycles. The summed E-state index contributed by atoms with van der Waals surface area (Å²) in [4.78, 5) is 24.9. The Kier molecular flexibility index (Phi) is 4.94. The molecule has 1 amide bonds. The van der Waals surface area contributed by atoms with E-state index in [0.717, 1.165) is 23.3 Å². The molecule has 0 aromatic heterocycles. The van der Waals surface area contributed by atoms with Crippen LogP contribution in [0.25, 0.3) is 0 Å². The van der Waals surface area contributed by atoms with Gasteiger partial charge in [-0.1, -0.05) is 42.5 Å². The van der Waals surface area contributed by atoms with Crippen LogP contribution in [0, 0.1) is 5.92 Å². The standard InChI is InChI=1S/C22H23NO5/c24-21(25)20-18(12-16-8-11-19(20)23(16)22(26)27)15-6-9-17(10-7-15)28-13-14-4-2-1-3-5-14/h1-7,9-10,16,18-20H,8,11-13H2,(H,24,25)(H,26,27)/t16-,18+,19+,20+/m0/s1. The Morgan fingerprint density at radius 1 is 1.00 bits per heavy atom. The van der Waals surface area contributed by atoms with Gasteiger partial charge in [0.15, 0.2) is 0 Å². The average Bonchev–Trinajstić information content (AvgIpc) is 3.01. The van der Waals surface area contributed by atoms with E-state index in [-0.39, 0.29) is 12.0 Å². The van der Waals surface area contributed by atoms with E-state index in [0.29, 0.717) is 19.4 Å². The molecule has 2 aliphatic heterocycles. The van der Waals surface area contributed by atoms with E-state index >= 15 is 0 Å². The zero-order chi connectivity index (χ0) is 19.7. The molecule has 2 N–H and O–H groups in total. The maximum atomic E-state index is 12.0. The number of hydrogen-bond donors (Lipinski definition) is 2. The van der Waals surface area contributed by atoms with E-state index in [2.05, 4.69) is 0 Å². The van der Waals surface area contributed by atoms with Crippen molar-refractivity contribution in [2.24, 2.45) is 5.92 Å². The molecule has 2 fully saturated rings. The summed E-state index contributed by atoms with van der Waals surface area (Å²) in [6.45, 7) is 0.471. The van der Waals surface area contributed by atoms with Crippen LogP contribution < -0.4 is 4.74 Å². The van der Waals surface area contributed by atoms with Gasteiger partial charge in [-0.15, -0.1) is 0 Å². The van der Waals surface area contributed by atoms with E-state index in [1.165, 1.54) is 4.90 Å². The highest BCUT2D eigenvalue weighted by molar-refractivity contribution is 5.75. The monoisotopic (exact) mass is 381 g/mol. The van der Waals surface area contributed by atoms with E-state index in [4.69, 9.17) is 4.74 Å². The number of carboxylic acid groups (broad SMARTS) is 2. The molecule has 6 heteroatoms. The van der Waals surface area contributed by atoms with Crippen molar-refractivity contribution in [3.05, 3.63) is 65.7 Å². The first-order chi connectivity index (χ1) is 13.5. The lowest BCUT2D eigenvalue weighted by molar-refractivity contribution is -0.146. The van der Waals surface area contributed by atoms with Crippen molar-refractivity contribution in [2.75, 3.05) is 0 Å². The molecular weight excluding hydrogens is 358 g/mol. The quantitative estimate of drug-likeness (QED) is 0.818. The minimum atomic E-state index is -1.01. The third-order valence-electron chi connectivity index (χ3n) is 5.98. The zero-order valence-corrected chi connectivity index (χ0v) is 15.4. The lowest BCUT2D eigenvalue weighted by atomic mass is 9.76. The van der Waals surface area contributed by atoms with E-state index in [1.807, 2.05) is 54.6 Å². The van der Waals surface area contributed by atoms with Crippen LogP contribution in [0.2, 0.25) is 0 Å². The second kappa shape index (κ2) is 7.54. The van der Waals surface area contributed by atoms with Gasteiger partial charge in [0.2, 0.25) is 0 Å². The molecule has 0 saturated carbocycles. The summed E-state index contributed by atoms with van der Waals surface area (Å²) in [6.07, 6.45) is 0.879. The second-order valence-corrected chi connectivity index (χ2v) is 7.54. The fourth-order valence-electron chi connectivity index (χ4n) is 4.73. The zero-order valence-electron chi connectivity index (χ0n) is 15.4.